The van der Waals surface area contributed by atoms with Gasteiger partial charge < -0.3 is 36.1 Å². The molecule has 8 aromatic heterocycles. The molecule has 29 heteroatoms. The molecule has 0 aromatic carbocycles. The summed E-state index contributed by atoms with van der Waals surface area (Å²) in [7, 11) is 9.64. The maximum absolute atomic E-state index is 13.9. The number of alkyl halides is 9. The molecule has 0 aliphatic rings. The van der Waals surface area contributed by atoms with Gasteiger partial charge in [0.25, 0.3) is 0 Å². The van der Waals surface area contributed by atoms with Gasteiger partial charge in [0, 0.05) is 62.6 Å². The number of fused-ring (bicyclic) bond motifs is 3. The van der Waals surface area contributed by atoms with Crippen LogP contribution in [0.3, 0.4) is 0 Å². The maximum Gasteiger partial charge on any atom is 1.00 e. The van der Waals surface area contributed by atoms with Gasteiger partial charge in [-0.2, -0.15) is 45.6 Å². The van der Waals surface area contributed by atoms with Gasteiger partial charge in [0.05, 0.1) is 40.8 Å². The van der Waals surface area contributed by atoms with Gasteiger partial charge in [-0.05, 0) is 37.5 Å². The van der Waals surface area contributed by atoms with Crippen LogP contribution in [0.5, 0.6) is 0 Å². The van der Waals surface area contributed by atoms with Crippen LogP contribution in [0.2, 0.25) is 5.15 Å². The van der Waals surface area contributed by atoms with E-state index in [1.807, 2.05) is 0 Å². The molecule has 0 atom stereocenters. The molecule has 0 N–H and O–H groups in total. The fraction of sp³-hybridized carbons (Fsp3) is 0.176. The summed E-state index contributed by atoms with van der Waals surface area (Å²) in [5.41, 5.74) is -1.03. The zero-order valence-corrected chi connectivity index (χ0v) is 42.5. The molecule has 11 nitrogen and oxygen atoms in total. The number of aromatic nitrogens is 11. The molecule has 0 bridgehead atoms. The summed E-state index contributed by atoms with van der Waals surface area (Å²) in [6.07, 6.45) is -3.59. The fourth-order valence-electron chi connectivity index (χ4n) is 4.66. The Bertz CT molecular complexity index is 2630. The van der Waals surface area contributed by atoms with Crippen LogP contribution in [0.4, 0.5) is 48.3 Å². The first-order chi connectivity index (χ1) is 28.0. The van der Waals surface area contributed by atoms with Crippen molar-refractivity contribution in [2.45, 2.75) is 18.5 Å². The molecule has 0 saturated heterocycles. The van der Waals surface area contributed by atoms with E-state index in [4.69, 9.17) is 21.3 Å². The normalized spacial score (nSPS) is 11.0. The Morgan fingerprint density at radius 2 is 1.17 bits per heavy atom. The summed E-state index contributed by atoms with van der Waals surface area (Å²) in [5, 5.41) is 0.0533. The molecule has 63 heavy (non-hydrogen) atoms. The molecule has 0 spiro atoms. The van der Waals surface area contributed by atoms with Crippen LogP contribution in [0, 0.1) is 27.9 Å². The first kappa shape index (κ1) is 58.3. The molecule has 0 aliphatic carbocycles. The zero-order chi connectivity index (χ0) is 44.7. The number of rotatable bonds is 1. The fourth-order valence-corrected chi connectivity index (χ4v) is 5.13. The second kappa shape index (κ2) is 24.7. The minimum Gasteiger partial charge on any atom is 0 e. The van der Waals surface area contributed by atoms with Gasteiger partial charge in [-0.25, -0.2) is 33.7 Å². The minimum atomic E-state index is -4.58. The Hall–Kier alpha value is -2.69. The van der Waals surface area contributed by atoms with E-state index in [1.54, 1.807) is 41.3 Å². The minimum absolute atomic E-state index is 0. The number of hydrogen-bond acceptors (Lipinski definition) is 8. The predicted octanol–water partition coefficient (Wildman–Crippen LogP) is 3.93. The molecule has 8 rings (SSSR count). The van der Waals surface area contributed by atoms with Crippen molar-refractivity contribution in [3.8, 4) is 11.5 Å². The van der Waals surface area contributed by atoms with Crippen molar-refractivity contribution < 1.29 is 130 Å². The van der Waals surface area contributed by atoms with E-state index in [-0.39, 0.29) is 97.5 Å². The summed E-state index contributed by atoms with van der Waals surface area (Å²) in [4.78, 5) is 28.9. The van der Waals surface area contributed by atoms with Crippen LogP contribution >= 0.6 is 43.9 Å². The van der Waals surface area contributed by atoms with Crippen molar-refractivity contribution in [1.82, 2.24) is 53.6 Å². The first-order valence-corrected chi connectivity index (χ1v) is 21.2. The number of pyridine rings is 5. The molecule has 0 aliphatic heterocycles. The van der Waals surface area contributed by atoms with Gasteiger partial charge in [-0.3, -0.25) is 4.98 Å². The Balaban J connectivity index is 0.000000428. The van der Waals surface area contributed by atoms with Gasteiger partial charge in [0.15, 0.2) is 11.6 Å². The summed E-state index contributed by atoms with van der Waals surface area (Å²) in [6, 6.07) is 7.81. The standard InChI is InChI=1S/C13H7ClF4N4.C8H6F3N3.C8H5F3N3.C5H2FIN.2ClH.Li.Y.Zn/c1-22-8-5-19-9(13(16,17)18)4-7(8)20-12(22)11-6(15)2-3-10(14)21-11;2*1-14-4-13-5-2-7(8(9,10)11)12-3-6(5)14;6-4-2-1-3-8-5(4)7;;;;;/h2-5H,1H3;2-4H,1H3;2-3H,1H3;1-2H;2*1H;;;/q;;2*-1;;;+1;;+2/p-2. The van der Waals surface area contributed by atoms with Gasteiger partial charge in [-0.15, -0.1) is 28.7 Å². The third-order valence-corrected chi connectivity index (χ3v) is 8.45. The van der Waals surface area contributed by atoms with Crippen LogP contribution in [0.1, 0.15) is 17.1 Å². The van der Waals surface area contributed by atoms with Crippen molar-refractivity contribution in [2.24, 2.45) is 21.1 Å². The SMILES string of the molecule is Cn1[c-]nc2cc(C(F)(F)F)ncc21.Cn1c(-c2nc(Cl)ccc2F)nc2cc(C(F)(F)F)ncc21.Cn1cnc2cc(C(F)(F)F)ncc21.Fc1cc[c-]nc1I.[Cl-].[Cl][Zn+].[Li+].[Y]. The van der Waals surface area contributed by atoms with Crippen molar-refractivity contribution in [3.63, 3.8) is 0 Å². The summed E-state index contributed by atoms with van der Waals surface area (Å²) >= 11 is 8.38. The smallest absolute Gasteiger partial charge is 0 e. The monoisotopic (exact) mass is 1180 g/mol. The molecule has 1 radical (unpaired) electrons. The molecule has 8 aromatic rings. The molecule has 0 unspecified atom stereocenters. The predicted molar refractivity (Wildman–Crippen MR) is 199 cm³/mol. The topological polar surface area (TPSA) is 118 Å². The third-order valence-electron chi connectivity index (χ3n) is 7.48. The van der Waals surface area contributed by atoms with Crippen LogP contribution in [0.25, 0.3) is 44.6 Å². The van der Waals surface area contributed by atoms with Crippen molar-refractivity contribution in [1.29, 1.82) is 0 Å². The van der Waals surface area contributed by atoms with E-state index in [9.17, 15) is 48.3 Å². The Morgan fingerprint density at radius 3 is 1.68 bits per heavy atom. The number of imidazole rings is 3. The number of nitrogens with zero attached hydrogens (tertiary/aromatic N) is 11. The van der Waals surface area contributed by atoms with Crippen molar-refractivity contribution in [3.05, 3.63) is 117 Å². The molecule has 323 valence electrons. The molecule has 0 amide bonds. The van der Waals surface area contributed by atoms with Gasteiger partial charge in [0.2, 0.25) is 0 Å². The molecular formula is C34H20Cl3F11ILiN11YZn-. The van der Waals surface area contributed by atoms with Crippen LogP contribution in [0.15, 0.2) is 67.4 Å². The average molecular weight is 1190 g/mol. The van der Waals surface area contributed by atoms with E-state index in [0.717, 1.165) is 54.0 Å². The number of aryl methyl sites for hydroxylation is 3. The number of hydrogen-bond donors (Lipinski definition) is 0. The molecule has 8 heterocycles. The van der Waals surface area contributed by atoms with E-state index < -0.39 is 41.4 Å². The molecular weight excluding hydrogens is 1170 g/mol. The summed E-state index contributed by atoms with van der Waals surface area (Å²) in [6.45, 7) is 0. The largest absolute Gasteiger partial charge is 1.00 e. The van der Waals surface area contributed by atoms with E-state index in [1.165, 1.54) is 46.9 Å². The second-order valence-electron chi connectivity index (χ2n) is 11.5. The summed E-state index contributed by atoms with van der Waals surface area (Å²) < 4.78 is 142. The van der Waals surface area contributed by atoms with Gasteiger partial charge >= 0.3 is 64.4 Å². The summed E-state index contributed by atoms with van der Waals surface area (Å²) in [5.74, 6) is -0.896. The molecule has 0 saturated carbocycles. The van der Waals surface area contributed by atoms with Crippen LogP contribution in [-0.2, 0) is 89.7 Å². The number of halogens is 15. The Kier molecular flexibility index (Phi) is 22.9. The van der Waals surface area contributed by atoms with Crippen LogP contribution in [-0.4, -0.2) is 53.6 Å². The molecule has 0 fully saturated rings. The van der Waals surface area contributed by atoms with Gasteiger partial charge in [0.1, 0.15) is 27.9 Å². The van der Waals surface area contributed by atoms with E-state index in [2.05, 4.69) is 52.4 Å². The quantitative estimate of drug-likeness (QED) is 0.0799. The van der Waals surface area contributed by atoms with Gasteiger partial charge in [-0.1, -0.05) is 34.9 Å². The first-order valence-electron chi connectivity index (χ1n) is 15.8. The Morgan fingerprint density at radius 1 is 0.667 bits per heavy atom. The Labute approximate surface area is 424 Å². The average Bonchev–Trinajstić information content (AvgIpc) is 3.87. The van der Waals surface area contributed by atoms with Crippen LogP contribution < -0.4 is 31.3 Å². The van der Waals surface area contributed by atoms with Crippen molar-refractivity contribution in [2.75, 3.05) is 0 Å². The third kappa shape index (κ3) is 15.4. The van der Waals surface area contributed by atoms with E-state index in [0.29, 0.717) is 25.8 Å². The maximum atomic E-state index is 13.9. The zero-order valence-electron chi connectivity index (χ0n) is 32.2. The van der Waals surface area contributed by atoms with Crippen molar-refractivity contribution >= 4 is 77.0 Å². The second-order valence-corrected chi connectivity index (χ2v) is 12.9. The van der Waals surface area contributed by atoms with E-state index >= 15 is 0 Å².